The predicted octanol–water partition coefficient (Wildman–Crippen LogP) is 3.04. The van der Waals surface area contributed by atoms with Gasteiger partial charge in [0.05, 0.1) is 4.90 Å². The molecule has 0 spiro atoms. The van der Waals surface area contributed by atoms with E-state index in [1.54, 1.807) is 19.1 Å². The SMILES string of the molecule is CNS(=O)(=O)c1cc(NC(=O)CC(C)c2ccccc2)ccc1C. The van der Waals surface area contributed by atoms with Gasteiger partial charge in [-0.2, -0.15) is 0 Å². The van der Waals surface area contributed by atoms with Crippen molar-refractivity contribution >= 4 is 21.6 Å². The van der Waals surface area contributed by atoms with Gasteiger partial charge in [-0.05, 0) is 43.1 Å². The van der Waals surface area contributed by atoms with Gasteiger partial charge in [0.25, 0.3) is 0 Å². The van der Waals surface area contributed by atoms with Gasteiger partial charge in [-0.1, -0.05) is 43.3 Å². The highest BCUT2D eigenvalue weighted by atomic mass is 32.2. The minimum atomic E-state index is -3.55. The van der Waals surface area contributed by atoms with Crippen LogP contribution in [0.5, 0.6) is 0 Å². The number of anilines is 1. The third-order valence-electron chi connectivity index (χ3n) is 3.89. The molecule has 2 aromatic rings. The molecule has 0 aliphatic heterocycles. The third-order valence-corrected chi connectivity index (χ3v) is 5.45. The van der Waals surface area contributed by atoms with Crippen LogP contribution < -0.4 is 10.0 Å². The third kappa shape index (κ3) is 4.43. The lowest BCUT2D eigenvalue weighted by molar-refractivity contribution is -0.116. The van der Waals surface area contributed by atoms with Crippen LogP contribution in [-0.2, 0) is 14.8 Å². The molecule has 2 N–H and O–H groups in total. The number of rotatable bonds is 6. The molecule has 2 rings (SSSR count). The summed E-state index contributed by atoms with van der Waals surface area (Å²) in [7, 11) is -2.19. The number of benzene rings is 2. The first-order chi connectivity index (χ1) is 11.3. The maximum absolute atomic E-state index is 12.2. The second kappa shape index (κ2) is 7.59. The molecule has 1 unspecified atom stereocenters. The van der Waals surface area contributed by atoms with E-state index in [4.69, 9.17) is 0 Å². The van der Waals surface area contributed by atoms with Crippen LogP contribution >= 0.6 is 0 Å². The summed E-state index contributed by atoms with van der Waals surface area (Å²) in [6.07, 6.45) is 0.325. The van der Waals surface area contributed by atoms with Gasteiger partial charge in [0, 0.05) is 12.1 Å². The average Bonchev–Trinajstić information content (AvgIpc) is 2.57. The molecule has 0 saturated carbocycles. The number of aryl methyl sites for hydroxylation is 1. The first kappa shape index (κ1) is 18.2. The Bertz CT molecular complexity index is 817. The Morgan fingerprint density at radius 1 is 1.12 bits per heavy atom. The van der Waals surface area contributed by atoms with Gasteiger partial charge in [-0.25, -0.2) is 13.1 Å². The van der Waals surface area contributed by atoms with Crippen molar-refractivity contribution in [3.63, 3.8) is 0 Å². The zero-order valence-corrected chi connectivity index (χ0v) is 14.9. The van der Waals surface area contributed by atoms with E-state index in [9.17, 15) is 13.2 Å². The first-order valence-corrected chi connectivity index (χ1v) is 9.21. The normalized spacial score (nSPS) is 12.6. The van der Waals surface area contributed by atoms with E-state index in [0.29, 0.717) is 17.7 Å². The Hall–Kier alpha value is -2.18. The van der Waals surface area contributed by atoms with Gasteiger partial charge >= 0.3 is 0 Å². The molecular formula is C18H22N2O3S. The molecular weight excluding hydrogens is 324 g/mol. The summed E-state index contributed by atoms with van der Waals surface area (Å²) in [5, 5.41) is 2.78. The van der Waals surface area contributed by atoms with Crippen LogP contribution in [0.4, 0.5) is 5.69 Å². The standard InChI is InChI=1S/C18H22N2O3S/c1-13-9-10-16(12-17(13)24(22,23)19-3)20-18(21)11-14(2)15-7-5-4-6-8-15/h4-10,12,14,19H,11H2,1-3H3,(H,20,21). The Labute approximate surface area is 143 Å². The molecule has 1 amide bonds. The molecule has 0 aliphatic rings. The predicted molar refractivity (Wildman–Crippen MR) is 95.5 cm³/mol. The van der Waals surface area contributed by atoms with Crippen LogP contribution in [0.3, 0.4) is 0 Å². The maximum Gasteiger partial charge on any atom is 0.240 e. The maximum atomic E-state index is 12.2. The van der Waals surface area contributed by atoms with E-state index >= 15 is 0 Å². The highest BCUT2D eigenvalue weighted by Crippen LogP contribution is 2.22. The fourth-order valence-electron chi connectivity index (χ4n) is 2.47. The molecule has 1 atom stereocenters. The molecule has 128 valence electrons. The molecule has 0 heterocycles. The molecule has 0 bridgehead atoms. The summed E-state index contributed by atoms with van der Waals surface area (Å²) < 4.78 is 26.3. The van der Waals surface area contributed by atoms with Crippen LogP contribution in [0, 0.1) is 6.92 Å². The lowest BCUT2D eigenvalue weighted by Gasteiger charge is -2.13. The van der Waals surface area contributed by atoms with Gasteiger partial charge < -0.3 is 5.32 Å². The van der Waals surface area contributed by atoms with Crippen LogP contribution in [0.15, 0.2) is 53.4 Å². The molecule has 0 aromatic heterocycles. The minimum absolute atomic E-state index is 0.0807. The Balaban J connectivity index is 2.11. The van der Waals surface area contributed by atoms with Gasteiger partial charge in [0.15, 0.2) is 0 Å². The molecule has 0 saturated heterocycles. The second-order valence-corrected chi connectivity index (χ2v) is 7.61. The fraction of sp³-hybridized carbons (Fsp3) is 0.278. The van der Waals surface area contributed by atoms with Crippen molar-refractivity contribution in [2.45, 2.75) is 31.1 Å². The number of sulfonamides is 1. The van der Waals surface area contributed by atoms with Crippen molar-refractivity contribution in [1.82, 2.24) is 4.72 Å². The number of carbonyl (C=O) groups excluding carboxylic acids is 1. The molecule has 5 nitrogen and oxygen atoms in total. The van der Waals surface area contributed by atoms with Gasteiger partial charge in [0.2, 0.25) is 15.9 Å². The Morgan fingerprint density at radius 2 is 1.79 bits per heavy atom. The monoisotopic (exact) mass is 346 g/mol. The number of hydrogen-bond donors (Lipinski definition) is 2. The minimum Gasteiger partial charge on any atom is -0.326 e. The second-order valence-electron chi connectivity index (χ2n) is 5.75. The molecule has 6 heteroatoms. The van der Waals surface area contributed by atoms with Crippen molar-refractivity contribution in [2.75, 3.05) is 12.4 Å². The average molecular weight is 346 g/mol. The molecule has 2 aromatic carbocycles. The van der Waals surface area contributed by atoms with Crippen LogP contribution in [0.1, 0.15) is 30.4 Å². The van der Waals surface area contributed by atoms with E-state index < -0.39 is 10.0 Å². The van der Waals surface area contributed by atoms with E-state index in [-0.39, 0.29) is 16.7 Å². The highest BCUT2D eigenvalue weighted by molar-refractivity contribution is 7.89. The van der Waals surface area contributed by atoms with E-state index in [2.05, 4.69) is 10.0 Å². The van der Waals surface area contributed by atoms with Crippen molar-refractivity contribution < 1.29 is 13.2 Å². The Morgan fingerprint density at radius 3 is 2.42 bits per heavy atom. The number of carbonyl (C=O) groups is 1. The van der Waals surface area contributed by atoms with Crippen LogP contribution in [-0.4, -0.2) is 21.4 Å². The largest absolute Gasteiger partial charge is 0.326 e. The topological polar surface area (TPSA) is 75.3 Å². The van der Waals surface area contributed by atoms with Crippen molar-refractivity contribution in [2.24, 2.45) is 0 Å². The quantitative estimate of drug-likeness (QED) is 0.844. The van der Waals surface area contributed by atoms with Crippen molar-refractivity contribution in [3.8, 4) is 0 Å². The van der Waals surface area contributed by atoms with Crippen LogP contribution in [0.25, 0.3) is 0 Å². The summed E-state index contributed by atoms with van der Waals surface area (Å²) in [6, 6.07) is 14.7. The van der Waals surface area contributed by atoms with Crippen molar-refractivity contribution in [1.29, 1.82) is 0 Å². The smallest absolute Gasteiger partial charge is 0.240 e. The summed E-state index contributed by atoms with van der Waals surface area (Å²) in [5.74, 6) is -0.0693. The molecule has 0 fully saturated rings. The number of amides is 1. The summed E-state index contributed by atoms with van der Waals surface area (Å²) in [4.78, 5) is 12.4. The number of hydrogen-bond acceptors (Lipinski definition) is 3. The summed E-state index contributed by atoms with van der Waals surface area (Å²) >= 11 is 0. The molecule has 24 heavy (non-hydrogen) atoms. The van der Waals surface area contributed by atoms with Gasteiger partial charge in [-0.3, -0.25) is 4.79 Å². The van der Waals surface area contributed by atoms with E-state index in [1.807, 2.05) is 37.3 Å². The lowest BCUT2D eigenvalue weighted by atomic mass is 9.97. The molecule has 0 radical (unpaired) electrons. The first-order valence-electron chi connectivity index (χ1n) is 7.72. The summed E-state index contributed by atoms with van der Waals surface area (Å²) in [5.41, 5.74) is 2.19. The van der Waals surface area contributed by atoms with E-state index in [1.165, 1.54) is 13.1 Å². The van der Waals surface area contributed by atoms with E-state index in [0.717, 1.165) is 5.56 Å². The zero-order valence-electron chi connectivity index (χ0n) is 14.0. The summed E-state index contributed by atoms with van der Waals surface area (Å²) in [6.45, 7) is 3.70. The van der Waals surface area contributed by atoms with Gasteiger partial charge in [-0.15, -0.1) is 0 Å². The van der Waals surface area contributed by atoms with Crippen LogP contribution in [0.2, 0.25) is 0 Å². The number of nitrogens with one attached hydrogen (secondary N) is 2. The fourth-order valence-corrected chi connectivity index (χ4v) is 3.46. The highest BCUT2D eigenvalue weighted by Gasteiger charge is 2.16. The van der Waals surface area contributed by atoms with Crippen molar-refractivity contribution in [3.05, 3.63) is 59.7 Å². The molecule has 0 aliphatic carbocycles. The zero-order chi connectivity index (χ0) is 17.7. The lowest BCUT2D eigenvalue weighted by Crippen LogP contribution is -2.20. The van der Waals surface area contributed by atoms with Gasteiger partial charge in [0.1, 0.15) is 0 Å². The Kier molecular flexibility index (Phi) is 5.75.